The first kappa shape index (κ1) is 20.8. The average Bonchev–Trinajstić information content (AvgIpc) is 3.21. The molecule has 3 rings (SSSR count). The minimum Gasteiger partial charge on any atom is -0.368 e. The molecule has 156 valence electrons. The van der Waals surface area contributed by atoms with Gasteiger partial charge in [0.1, 0.15) is 18.1 Å². The van der Waals surface area contributed by atoms with Crippen LogP contribution in [-0.2, 0) is 25.6 Å². The third kappa shape index (κ3) is 5.34. The molecule has 0 radical (unpaired) electrons. The van der Waals surface area contributed by atoms with Crippen molar-refractivity contribution < 1.29 is 19.2 Å². The number of carbonyl (C=O) groups excluding carboxylic acids is 4. The van der Waals surface area contributed by atoms with Gasteiger partial charge in [0.15, 0.2) is 0 Å². The minimum absolute atomic E-state index is 0.156. The van der Waals surface area contributed by atoms with Gasteiger partial charge in [-0.25, -0.2) is 0 Å². The van der Waals surface area contributed by atoms with Crippen molar-refractivity contribution in [3.05, 3.63) is 35.9 Å². The molecule has 3 atom stereocenters. The lowest BCUT2D eigenvalue weighted by atomic mass is 10.0. The Kier molecular flexibility index (Phi) is 6.85. The molecule has 8 nitrogen and oxygen atoms in total. The van der Waals surface area contributed by atoms with Crippen molar-refractivity contribution in [1.29, 1.82) is 0 Å². The second-order valence-corrected chi connectivity index (χ2v) is 7.69. The predicted octanol–water partition coefficient (Wildman–Crippen LogP) is 0.249. The first-order chi connectivity index (χ1) is 14.0. The average molecular weight is 400 g/mol. The number of piperidine rings is 1. The number of likely N-dealkylation sites (tertiary alicyclic amines) is 1. The summed E-state index contributed by atoms with van der Waals surface area (Å²) in [6.07, 6.45) is 3.85. The van der Waals surface area contributed by atoms with E-state index in [1.54, 1.807) is 0 Å². The van der Waals surface area contributed by atoms with E-state index in [9.17, 15) is 19.2 Å². The Labute approximate surface area is 170 Å². The number of nitrogens with two attached hydrogens (primary N) is 1. The molecule has 2 saturated heterocycles. The molecule has 4 amide bonds. The van der Waals surface area contributed by atoms with Crippen LogP contribution >= 0.6 is 0 Å². The monoisotopic (exact) mass is 400 g/mol. The molecule has 2 fully saturated rings. The number of aryl methyl sites for hydroxylation is 1. The Morgan fingerprint density at radius 1 is 1.17 bits per heavy atom. The number of nitrogens with one attached hydrogen (secondary N) is 2. The topological polar surface area (TPSA) is 122 Å². The van der Waals surface area contributed by atoms with Crippen LogP contribution in [0.3, 0.4) is 0 Å². The summed E-state index contributed by atoms with van der Waals surface area (Å²) in [7, 11) is 0. The fraction of sp³-hybridized carbons (Fsp3) is 0.524. The number of hydrogen-bond acceptors (Lipinski definition) is 4. The van der Waals surface area contributed by atoms with E-state index >= 15 is 0 Å². The fourth-order valence-corrected chi connectivity index (χ4v) is 4.01. The molecule has 1 aromatic rings. The molecule has 0 bridgehead atoms. The lowest BCUT2D eigenvalue weighted by Gasteiger charge is -2.30. The van der Waals surface area contributed by atoms with E-state index in [-0.39, 0.29) is 17.7 Å². The normalized spacial score (nSPS) is 22.6. The van der Waals surface area contributed by atoms with Crippen molar-refractivity contribution in [2.75, 3.05) is 6.54 Å². The van der Waals surface area contributed by atoms with Gasteiger partial charge < -0.3 is 21.3 Å². The van der Waals surface area contributed by atoms with Gasteiger partial charge in [0.05, 0.1) is 0 Å². The van der Waals surface area contributed by atoms with E-state index < -0.39 is 24.0 Å². The van der Waals surface area contributed by atoms with Crippen LogP contribution in [-0.4, -0.2) is 53.2 Å². The van der Waals surface area contributed by atoms with E-state index in [1.165, 1.54) is 4.90 Å². The van der Waals surface area contributed by atoms with Crippen molar-refractivity contribution >= 4 is 23.6 Å². The molecule has 0 spiro atoms. The molecular formula is C21H28N4O4. The van der Waals surface area contributed by atoms with Gasteiger partial charge in [-0.15, -0.1) is 0 Å². The van der Waals surface area contributed by atoms with Gasteiger partial charge in [-0.2, -0.15) is 0 Å². The second kappa shape index (κ2) is 9.54. The summed E-state index contributed by atoms with van der Waals surface area (Å²) in [6.45, 7) is 0.449. The number of primary amides is 1. The van der Waals surface area contributed by atoms with Crippen molar-refractivity contribution in [3.63, 3.8) is 0 Å². The van der Waals surface area contributed by atoms with Crippen LogP contribution in [0.15, 0.2) is 30.3 Å². The standard InChI is InChI=1S/C21H28N4O4/c22-19(27)17-9-5-13-25(17)21(29)16(12-11-14-6-2-1-3-7-14)24-20(28)15-8-4-10-18(26)23-15/h1-3,6-7,15-17H,4-5,8-13H2,(H2,22,27)(H,23,26)(H,24,28)/t15-,16+,17-/m0/s1. The highest BCUT2D eigenvalue weighted by atomic mass is 16.2. The molecule has 0 saturated carbocycles. The molecule has 0 aromatic heterocycles. The van der Waals surface area contributed by atoms with Gasteiger partial charge in [-0.3, -0.25) is 19.2 Å². The van der Waals surface area contributed by atoms with Crippen LogP contribution in [0.5, 0.6) is 0 Å². The largest absolute Gasteiger partial charge is 0.368 e. The number of amides is 4. The van der Waals surface area contributed by atoms with Crippen LogP contribution in [0.25, 0.3) is 0 Å². The summed E-state index contributed by atoms with van der Waals surface area (Å²) >= 11 is 0. The zero-order valence-electron chi connectivity index (χ0n) is 16.4. The molecule has 2 heterocycles. The molecule has 2 aliphatic heterocycles. The number of hydrogen-bond donors (Lipinski definition) is 3. The van der Waals surface area contributed by atoms with Gasteiger partial charge in [-0.1, -0.05) is 30.3 Å². The third-order valence-electron chi connectivity index (χ3n) is 5.59. The van der Waals surface area contributed by atoms with Crippen LogP contribution in [0.1, 0.15) is 44.1 Å². The maximum absolute atomic E-state index is 13.2. The molecule has 8 heteroatoms. The van der Waals surface area contributed by atoms with Crippen molar-refractivity contribution in [1.82, 2.24) is 15.5 Å². The molecule has 4 N–H and O–H groups in total. The van der Waals surface area contributed by atoms with Crippen LogP contribution in [0.2, 0.25) is 0 Å². The number of carbonyl (C=O) groups is 4. The smallest absolute Gasteiger partial charge is 0.245 e. The summed E-state index contributed by atoms with van der Waals surface area (Å²) in [5.41, 5.74) is 6.51. The molecule has 0 unspecified atom stereocenters. The minimum atomic E-state index is -0.776. The molecular weight excluding hydrogens is 372 g/mol. The SMILES string of the molecule is NC(=O)[C@@H]1CCCN1C(=O)[C@@H](CCc1ccccc1)NC(=O)[C@@H]1CCCC(=O)N1. The van der Waals surface area contributed by atoms with Gasteiger partial charge >= 0.3 is 0 Å². The first-order valence-electron chi connectivity index (χ1n) is 10.2. The van der Waals surface area contributed by atoms with Gasteiger partial charge in [0, 0.05) is 13.0 Å². The zero-order valence-corrected chi connectivity index (χ0v) is 16.4. The van der Waals surface area contributed by atoms with Gasteiger partial charge in [0.2, 0.25) is 23.6 Å². The maximum Gasteiger partial charge on any atom is 0.245 e. The summed E-state index contributed by atoms with van der Waals surface area (Å²) < 4.78 is 0. The number of nitrogens with zero attached hydrogens (tertiary/aromatic N) is 1. The van der Waals surface area contributed by atoms with E-state index in [0.29, 0.717) is 51.5 Å². The van der Waals surface area contributed by atoms with Crippen LogP contribution in [0.4, 0.5) is 0 Å². The maximum atomic E-state index is 13.2. The van der Waals surface area contributed by atoms with Crippen molar-refractivity contribution in [2.24, 2.45) is 5.73 Å². The Balaban J connectivity index is 1.71. The van der Waals surface area contributed by atoms with Crippen molar-refractivity contribution in [2.45, 2.75) is 63.1 Å². The Bertz CT molecular complexity index is 767. The van der Waals surface area contributed by atoms with E-state index in [0.717, 1.165) is 5.56 Å². The molecule has 1 aromatic carbocycles. The van der Waals surface area contributed by atoms with Crippen LogP contribution < -0.4 is 16.4 Å². The molecule has 2 aliphatic rings. The molecule has 29 heavy (non-hydrogen) atoms. The summed E-state index contributed by atoms with van der Waals surface area (Å²) in [4.78, 5) is 50.7. The Morgan fingerprint density at radius 3 is 2.62 bits per heavy atom. The third-order valence-corrected chi connectivity index (χ3v) is 5.59. The molecule has 0 aliphatic carbocycles. The first-order valence-corrected chi connectivity index (χ1v) is 10.2. The second-order valence-electron chi connectivity index (χ2n) is 7.69. The van der Waals surface area contributed by atoms with Crippen molar-refractivity contribution in [3.8, 4) is 0 Å². The Hall–Kier alpha value is -2.90. The van der Waals surface area contributed by atoms with Gasteiger partial charge in [0.25, 0.3) is 0 Å². The van der Waals surface area contributed by atoms with E-state index in [2.05, 4.69) is 10.6 Å². The summed E-state index contributed by atoms with van der Waals surface area (Å²) in [5.74, 6) is -1.34. The highest BCUT2D eigenvalue weighted by molar-refractivity contribution is 5.94. The Morgan fingerprint density at radius 2 is 1.93 bits per heavy atom. The highest BCUT2D eigenvalue weighted by Gasteiger charge is 2.37. The zero-order chi connectivity index (χ0) is 20.8. The van der Waals surface area contributed by atoms with Crippen LogP contribution in [0, 0.1) is 0 Å². The summed E-state index contributed by atoms with van der Waals surface area (Å²) in [6, 6.07) is 7.65. The number of rotatable bonds is 7. The number of benzene rings is 1. The highest BCUT2D eigenvalue weighted by Crippen LogP contribution is 2.20. The lowest BCUT2D eigenvalue weighted by Crippen LogP contribution is -2.57. The van der Waals surface area contributed by atoms with E-state index in [4.69, 9.17) is 5.73 Å². The lowest BCUT2D eigenvalue weighted by molar-refractivity contribution is -0.141. The fourth-order valence-electron chi connectivity index (χ4n) is 4.01. The van der Waals surface area contributed by atoms with E-state index in [1.807, 2.05) is 30.3 Å². The van der Waals surface area contributed by atoms with Gasteiger partial charge in [-0.05, 0) is 44.1 Å². The quantitative estimate of drug-likeness (QED) is 0.607. The predicted molar refractivity (Wildman–Crippen MR) is 106 cm³/mol. The summed E-state index contributed by atoms with van der Waals surface area (Å²) in [5, 5.41) is 5.50.